The number of hydrogen-bond acceptors (Lipinski definition) is 2. The summed E-state index contributed by atoms with van der Waals surface area (Å²) < 4.78 is 0.896. The smallest absolute Gasteiger partial charge is 0.335 e. The van der Waals surface area contributed by atoms with E-state index in [1.807, 2.05) is 6.92 Å². The van der Waals surface area contributed by atoms with Crippen molar-refractivity contribution in [1.29, 1.82) is 0 Å². The van der Waals surface area contributed by atoms with Gasteiger partial charge in [0.15, 0.2) is 0 Å². The molecule has 1 rings (SSSR count). The number of carboxylic acid groups (broad SMARTS) is 1. The van der Waals surface area contributed by atoms with Crippen LogP contribution in [0.1, 0.15) is 28.9 Å². The van der Waals surface area contributed by atoms with Crippen LogP contribution in [-0.2, 0) is 0 Å². The Bertz CT molecular complexity index is 336. The van der Waals surface area contributed by atoms with Gasteiger partial charge in [0, 0.05) is 9.61 Å². The molecule has 0 aliphatic heterocycles. The van der Waals surface area contributed by atoms with E-state index in [1.54, 1.807) is 18.2 Å². The van der Waals surface area contributed by atoms with E-state index in [9.17, 15) is 4.79 Å². The van der Waals surface area contributed by atoms with Gasteiger partial charge in [0.05, 0.1) is 5.56 Å². The summed E-state index contributed by atoms with van der Waals surface area (Å²) in [6, 6.07) is 4.90. The number of nitrogens with two attached hydrogens (primary N) is 1. The Hall–Kier alpha value is -0.620. The summed E-state index contributed by atoms with van der Waals surface area (Å²) in [4.78, 5) is 10.6. The molecule has 0 amide bonds. The molecule has 1 atom stereocenters. The van der Waals surface area contributed by atoms with Crippen molar-refractivity contribution in [3.63, 3.8) is 0 Å². The highest BCUT2D eigenvalue weighted by Gasteiger charge is 2.08. The molecular weight excluding hydrogens is 281 g/mol. The van der Waals surface area contributed by atoms with Gasteiger partial charge in [-0.1, -0.05) is 6.07 Å². The summed E-state index contributed by atoms with van der Waals surface area (Å²) in [7, 11) is 0. The van der Waals surface area contributed by atoms with Crippen LogP contribution in [0.3, 0.4) is 0 Å². The number of carbonyl (C=O) groups is 1. The van der Waals surface area contributed by atoms with Crippen molar-refractivity contribution >= 4 is 28.6 Å². The number of rotatable bonds is 2. The van der Waals surface area contributed by atoms with Crippen molar-refractivity contribution in [3.8, 4) is 0 Å². The normalized spacial score (nSPS) is 12.5. The van der Waals surface area contributed by atoms with Gasteiger partial charge >= 0.3 is 5.97 Å². The van der Waals surface area contributed by atoms with Gasteiger partial charge < -0.3 is 10.8 Å². The van der Waals surface area contributed by atoms with E-state index in [2.05, 4.69) is 22.6 Å². The van der Waals surface area contributed by atoms with Crippen molar-refractivity contribution < 1.29 is 9.90 Å². The largest absolute Gasteiger partial charge is 0.478 e. The van der Waals surface area contributed by atoms with Gasteiger partial charge in [0.1, 0.15) is 0 Å². The van der Waals surface area contributed by atoms with Gasteiger partial charge in [0.2, 0.25) is 0 Å². The van der Waals surface area contributed by atoms with Crippen LogP contribution in [-0.4, -0.2) is 11.1 Å². The van der Waals surface area contributed by atoms with Crippen molar-refractivity contribution in [2.45, 2.75) is 13.0 Å². The molecule has 0 heterocycles. The summed E-state index contributed by atoms with van der Waals surface area (Å²) in [5.41, 5.74) is 6.97. The van der Waals surface area contributed by atoms with E-state index in [0.29, 0.717) is 5.56 Å². The molecule has 0 saturated carbocycles. The van der Waals surface area contributed by atoms with Gasteiger partial charge in [-0.3, -0.25) is 0 Å². The third kappa shape index (κ3) is 2.41. The molecule has 3 N–H and O–H groups in total. The van der Waals surface area contributed by atoms with Gasteiger partial charge in [-0.15, -0.1) is 0 Å². The van der Waals surface area contributed by atoms with Gasteiger partial charge in [0.25, 0.3) is 0 Å². The maximum Gasteiger partial charge on any atom is 0.335 e. The molecule has 70 valence electrons. The minimum atomic E-state index is -0.908. The van der Waals surface area contributed by atoms with Crippen LogP contribution >= 0.6 is 22.6 Å². The number of aromatic carboxylic acids is 1. The molecule has 0 aliphatic carbocycles. The Kier molecular flexibility index (Phi) is 3.27. The van der Waals surface area contributed by atoms with Crippen molar-refractivity contribution in [2.75, 3.05) is 0 Å². The Labute approximate surface area is 90.1 Å². The molecule has 0 bridgehead atoms. The highest BCUT2D eigenvalue weighted by molar-refractivity contribution is 14.1. The number of benzene rings is 1. The lowest BCUT2D eigenvalue weighted by molar-refractivity contribution is 0.0697. The summed E-state index contributed by atoms with van der Waals surface area (Å²) in [5, 5.41) is 8.70. The molecule has 0 radical (unpaired) electrons. The van der Waals surface area contributed by atoms with Gasteiger partial charge in [-0.25, -0.2) is 4.79 Å². The molecule has 4 heteroatoms. The molecule has 0 fully saturated rings. The molecule has 1 unspecified atom stereocenters. The highest BCUT2D eigenvalue weighted by Crippen LogP contribution is 2.19. The fraction of sp³-hybridized carbons (Fsp3) is 0.222. The van der Waals surface area contributed by atoms with Crippen LogP contribution in [0.15, 0.2) is 18.2 Å². The lowest BCUT2D eigenvalue weighted by Gasteiger charge is -2.08. The second-order valence-electron chi connectivity index (χ2n) is 2.83. The monoisotopic (exact) mass is 291 g/mol. The Morgan fingerprint density at radius 3 is 2.62 bits per heavy atom. The number of hydrogen-bond donors (Lipinski definition) is 2. The number of carboxylic acids is 1. The van der Waals surface area contributed by atoms with Crippen LogP contribution < -0.4 is 5.73 Å². The minimum absolute atomic E-state index is 0.0604. The molecule has 3 nitrogen and oxygen atoms in total. The molecular formula is C9H10INO2. The Morgan fingerprint density at radius 2 is 2.23 bits per heavy atom. The van der Waals surface area contributed by atoms with Crippen LogP contribution in [0.2, 0.25) is 0 Å². The lowest BCUT2D eigenvalue weighted by Crippen LogP contribution is -2.08. The average molecular weight is 291 g/mol. The predicted molar refractivity (Wildman–Crippen MR) is 58.7 cm³/mol. The Morgan fingerprint density at radius 1 is 1.62 bits per heavy atom. The maximum absolute atomic E-state index is 10.6. The second-order valence-corrected chi connectivity index (χ2v) is 3.99. The molecule has 1 aromatic carbocycles. The summed E-state index contributed by atoms with van der Waals surface area (Å²) >= 11 is 2.09. The van der Waals surface area contributed by atoms with Crippen LogP contribution in [0.5, 0.6) is 0 Å². The molecule has 0 spiro atoms. The number of halogens is 1. The first-order chi connectivity index (χ1) is 6.02. The lowest BCUT2D eigenvalue weighted by atomic mass is 10.1. The van der Waals surface area contributed by atoms with Crippen LogP contribution in [0.4, 0.5) is 0 Å². The molecule has 0 saturated heterocycles. The van der Waals surface area contributed by atoms with Crippen molar-refractivity contribution in [3.05, 3.63) is 32.9 Å². The minimum Gasteiger partial charge on any atom is -0.478 e. The first-order valence-corrected chi connectivity index (χ1v) is 4.88. The maximum atomic E-state index is 10.6. The van der Waals surface area contributed by atoms with Gasteiger partial charge in [-0.2, -0.15) is 0 Å². The van der Waals surface area contributed by atoms with Crippen molar-refractivity contribution in [2.24, 2.45) is 5.73 Å². The molecule has 13 heavy (non-hydrogen) atoms. The Balaban J connectivity index is 3.13. The van der Waals surface area contributed by atoms with E-state index in [-0.39, 0.29) is 6.04 Å². The van der Waals surface area contributed by atoms with Gasteiger partial charge in [-0.05, 0) is 47.2 Å². The first kappa shape index (κ1) is 10.5. The van der Waals surface area contributed by atoms with E-state index in [0.717, 1.165) is 9.13 Å². The molecule has 1 aromatic rings. The standard InChI is InChI=1S/C9H10INO2/c1-5(11)7-3-2-6(9(12)13)4-8(7)10/h2-5H,11H2,1H3,(H,12,13). The average Bonchev–Trinajstić information content (AvgIpc) is 2.03. The quantitative estimate of drug-likeness (QED) is 0.819. The second kappa shape index (κ2) is 4.06. The van der Waals surface area contributed by atoms with Crippen LogP contribution in [0, 0.1) is 3.57 Å². The summed E-state index contributed by atoms with van der Waals surface area (Å²) in [6.45, 7) is 1.87. The van der Waals surface area contributed by atoms with E-state index in [4.69, 9.17) is 10.8 Å². The summed E-state index contributed by atoms with van der Waals surface area (Å²) in [6.07, 6.45) is 0. The topological polar surface area (TPSA) is 63.3 Å². The zero-order valence-corrected chi connectivity index (χ0v) is 9.28. The van der Waals surface area contributed by atoms with Crippen LogP contribution in [0.25, 0.3) is 0 Å². The predicted octanol–water partition coefficient (Wildman–Crippen LogP) is 2.01. The zero-order valence-electron chi connectivity index (χ0n) is 7.12. The summed E-state index contributed by atoms with van der Waals surface area (Å²) in [5.74, 6) is -0.908. The SMILES string of the molecule is CC(N)c1ccc(C(=O)O)cc1I. The van der Waals surface area contributed by atoms with Crippen molar-refractivity contribution in [1.82, 2.24) is 0 Å². The third-order valence-electron chi connectivity index (χ3n) is 1.74. The third-order valence-corrected chi connectivity index (χ3v) is 2.67. The fourth-order valence-electron chi connectivity index (χ4n) is 1.03. The van der Waals surface area contributed by atoms with E-state index in [1.165, 1.54) is 0 Å². The molecule has 0 aromatic heterocycles. The first-order valence-electron chi connectivity index (χ1n) is 3.80. The highest BCUT2D eigenvalue weighted by atomic mass is 127. The van der Waals surface area contributed by atoms with E-state index >= 15 is 0 Å². The zero-order chi connectivity index (χ0) is 10.0. The fourth-order valence-corrected chi connectivity index (χ4v) is 2.04. The molecule has 0 aliphatic rings. The van der Waals surface area contributed by atoms with E-state index < -0.39 is 5.97 Å².